The number of anilines is 2. The van der Waals surface area contributed by atoms with E-state index in [9.17, 15) is 0 Å². The summed E-state index contributed by atoms with van der Waals surface area (Å²) in [6, 6.07) is 0. The lowest BCUT2D eigenvalue weighted by atomic mass is 10.0. The van der Waals surface area contributed by atoms with E-state index < -0.39 is 0 Å². The molecule has 2 heterocycles. The number of nitrogens with zero attached hydrogens (tertiary/aromatic N) is 4. The number of fused-ring (bicyclic) bond motifs is 1. The monoisotopic (exact) mass is 249 g/mol. The predicted molar refractivity (Wildman–Crippen MR) is 72.4 cm³/mol. The van der Waals surface area contributed by atoms with Gasteiger partial charge in [-0.15, -0.1) is 0 Å². The molecule has 7 heteroatoms. The Morgan fingerprint density at radius 2 is 2.11 bits per heavy atom. The van der Waals surface area contributed by atoms with E-state index >= 15 is 0 Å². The second-order valence-corrected chi connectivity index (χ2v) is 5.12. The number of aromatic nitrogens is 4. The molecule has 18 heavy (non-hydrogen) atoms. The van der Waals surface area contributed by atoms with Gasteiger partial charge in [-0.05, 0) is 27.9 Å². The SMILES string of the molecule is CN(C)C(C)(C)CNc1nc(N)nc2[nH]ncc12. The van der Waals surface area contributed by atoms with Crippen molar-refractivity contribution in [3.63, 3.8) is 0 Å². The molecule has 0 spiro atoms. The minimum absolute atomic E-state index is 0.00969. The molecule has 0 aliphatic rings. The second-order valence-electron chi connectivity index (χ2n) is 5.12. The zero-order chi connectivity index (χ0) is 13.3. The molecule has 2 aromatic heterocycles. The summed E-state index contributed by atoms with van der Waals surface area (Å²) in [7, 11) is 4.09. The molecular formula is C11H19N7. The fourth-order valence-corrected chi connectivity index (χ4v) is 1.45. The first-order valence-corrected chi connectivity index (χ1v) is 5.78. The molecule has 2 rings (SSSR count). The standard InChI is InChI=1S/C11H19N7/c1-11(2,18(3)4)6-13-8-7-5-14-17-9(7)16-10(12)15-8/h5H,6H2,1-4H3,(H4,12,13,14,15,16,17). The Hall–Kier alpha value is -1.89. The third-order valence-corrected chi connectivity index (χ3v) is 3.23. The molecule has 0 atom stereocenters. The van der Waals surface area contributed by atoms with Gasteiger partial charge in [0.1, 0.15) is 5.82 Å². The van der Waals surface area contributed by atoms with Crippen LogP contribution < -0.4 is 11.1 Å². The zero-order valence-electron chi connectivity index (χ0n) is 11.2. The molecule has 0 amide bonds. The van der Waals surface area contributed by atoms with Crippen molar-refractivity contribution in [3.8, 4) is 0 Å². The molecule has 0 radical (unpaired) electrons. The van der Waals surface area contributed by atoms with E-state index in [0.29, 0.717) is 11.5 Å². The largest absolute Gasteiger partial charge is 0.368 e. The van der Waals surface area contributed by atoms with Gasteiger partial charge in [0.25, 0.3) is 0 Å². The highest BCUT2D eigenvalue weighted by Gasteiger charge is 2.21. The summed E-state index contributed by atoms with van der Waals surface area (Å²) < 4.78 is 0. The normalized spacial score (nSPS) is 12.3. The summed E-state index contributed by atoms with van der Waals surface area (Å²) in [6.45, 7) is 5.05. The third kappa shape index (κ3) is 2.35. The van der Waals surface area contributed by atoms with Crippen LogP contribution in [0.2, 0.25) is 0 Å². The van der Waals surface area contributed by atoms with Crippen LogP contribution in [-0.2, 0) is 0 Å². The molecule has 0 saturated heterocycles. The third-order valence-electron chi connectivity index (χ3n) is 3.23. The second kappa shape index (κ2) is 4.41. The van der Waals surface area contributed by atoms with Gasteiger partial charge in [0.2, 0.25) is 5.95 Å². The number of rotatable bonds is 4. The van der Waals surface area contributed by atoms with E-state index in [1.807, 2.05) is 14.1 Å². The maximum Gasteiger partial charge on any atom is 0.224 e. The zero-order valence-corrected chi connectivity index (χ0v) is 11.2. The summed E-state index contributed by atoms with van der Waals surface area (Å²) in [6.07, 6.45) is 1.69. The minimum Gasteiger partial charge on any atom is -0.368 e. The highest BCUT2D eigenvalue weighted by Crippen LogP contribution is 2.20. The van der Waals surface area contributed by atoms with E-state index in [1.165, 1.54) is 0 Å². The summed E-state index contributed by atoms with van der Waals surface area (Å²) in [5, 5.41) is 10.9. The summed E-state index contributed by atoms with van der Waals surface area (Å²) in [4.78, 5) is 10.4. The van der Waals surface area contributed by atoms with Gasteiger partial charge >= 0.3 is 0 Å². The van der Waals surface area contributed by atoms with Crippen LogP contribution in [0.25, 0.3) is 11.0 Å². The van der Waals surface area contributed by atoms with Crippen LogP contribution in [0.3, 0.4) is 0 Å². The van der Waals surface area contributed by atoms with Gasteiger partial charge in [-0.25, -0.2) is 0 Å². The highest BCUT2D eigenvalue weighted by molar-refractivity contribution is 5.86. The van der Waals surface area contributed by atoms with Crippen molar-refractivity contribution in [1.82, 2.24) is 25.1 Å². The number of nitrogens with one attached hydrogen (secondary N) is 2. The van der Waals surface area contributed by atoms with Crippen LogP contribution in [-0.4, -0.2) is 51.2 Å². The fourth-order valence-electron chi connectivity index (χ4n) is 1.45. The first kappa shape index (κ1) is 12.6. The molecule has 0 saturated carbocycles. The quantitative estimate of drug-likeness (QED) is 0.737. The number of likely N-dealkylation sites (N-methyl/N-ethyl adjacent to an activating group) is 1. The Balaban J connectivity index is 2.24. The van der Waals surface area contributed by atoms with Gasteiger partial charge in [-0.2, -0.15) is 15.1 Å². The van der Waals surface area contributed by atoms with E-state index in [0.717, 1.165) is 11.9 Å². The van der Waals surface area contributed by atoms with Crippen molar-refractivity contribution in [3.05, 3.63) is 6.20 Å². The van der Waals surface area contributed by atoms with E-state index in [-0.39, 0.29) is 11.5 Å². The number of hydrogen-bond donors (Lipinski definition) is 3. The lowest BCUT2D eigenvalue weighted by molar-refractivity contribution is 0.210. The van der Waals surface area contributed by atoms with Crippen molar-refractivity contribution in [1.29, 1.82) is 0 Å². The first-order valence-electron chi connectivity index (χ1n) is 5.78. The van der Waals surface area contributed by atoms with Crippen molar-refractivity contribution in [2.75, 3.05) is 31.7 Å². The molecule has 0 aliphatic heterocycles. The molecule has 0 aliphatic carbocycles. The Labute approximate surface area is 106 Å². The number of H-pyrrole nitrogens is 1. The van der Waals surface area contributed by atoms with Crippen molar-refractivity contribution >= 4 is 22.8 Å². The van der Waals surface area contributed by atoms with Crippen LogP contribution in [0, 0.1) is 0 Å². The van der Waals surface area contributed by atoms with E-state index in [1.54, 1.807) is 6.20 Å². The van der Waals surface area contributed by atoms with Gasteiger partial charge in [-0.1, -0.05) is 0 Å². The Kier molecular flexibility index (Phi) is 3.08. The maximum absolute atomic E-state index is 5.66. The van der Waals surface area contributed by atoms with Crippen LogP contribution >= 0.6 is 0 Å². The maximum atomic E-state index is 5.66. The number of aromatic amines is 1. The lowest BCUT2D eigenvalue weighted by Crippen LogP contribution is -2.44. The predicted octanol–water partition coefficient (Wildman–Crippen LogP) is 0.687. The molecular weight excluding hydrogens is 230 g/mol. The van der Waals surface area contributed by atoms with Crippen LogP contribution in [0.15, 0.2) is 6.20 Å². The summed E-state index contributed by atoms with van der Waals surface area (Å²) >= 11 is 0. The fraction of sp³-hybridized carbons (Fsp3) is 0.545. The van der Waals surface area contributed by atoms with Gasteiger partial charge in [0.15, 0.2) is 5.65 Å². The average molecular weight is 249 g/mol. The summed E-state index contributed by atoms with van der Waals surface area (Å²) in [5.74, 6) is 0.943. The average Bonchev–Trinajstić information content (AvgIpc) is 2.73. The molecule has 7 nitrogen and oxygen atoms in total. The molecule has 0 unspecified atom stereocenters. The van der Waals surface area contributed by atoms with Crippen LogP contribution in [0.1, 0.15) is 13.8 Å². The first-order chi connectivity index (χ1) is 8.40. The Bertz CT molecular complexity index is 543. The lowest BCUT2D eigenvalue weighted by Gasteiger charge is -2.32. The summed E-state index contributed by atoms with van der Waals surface area (Å²) in [5.41, 5.74) is 6.32. The van der Waals surface area contributed by atoms with Gasteiger partial charge in [0, 0.05) is 12.1 Å². The van der Waals surface area contributed by atoms with E-state index in [2.05, 4.69) is 44.2 Å². The molecule has 2 aromatic rings. The number of hydrogen-bond acceptors (Lipinski definition) is 6. The molecule has 0 aromatic carbocycles. The molecule has 4 N–H and O–H groups in total. The molecule has 98 valence electrons. The minimum atomic E-state index is 0.00969. The molecule has 0 fully saturated rings. The van der Waals surface area contributed by atoms with Crippen molar-refractivity contribution < 1.29 is 0 Å². The number of nitrogen functional groups attached to an aromatic ring is 1. The van der Waals surface area contributed by atoms with Crippen LogP contribution in [0.5, 0.6) is 0 Å². The number of nitrogens with two attached hydrogens (primary N) is 1. The van der Waals surface area contributed by atoms with Gasteiger partial charge in [-0.3, -0.25) is 5.10 Å². The van der Waals surface area contributed by atoms with E-state index in [4.69, 9.17) is 5.73 Å². The van der Waals surface area contributed by atoms with Gasteiger partial charge < -0.3 is 16.0 Å². The molecule has 0 bridgehead atoms. The Morgan fingerprint density at radius 1 is 1.39 bits per heavy atom. The highest BCUT2D eigenvalue weighted by atomic mass is 15.2. The smallest absolute Gasteiger partial charge is 0.224 e. The Morgan fingerprint density at radius 3 is 2.78 bits per heavy atom. The van der Waals surface area contributed by atoms with Crippen molar-refractivity contribution in [2.45, 2.75) is 19.4 Å². The van der Waals surface area contributed by atoms with Crippen LogP contribution in [0.4, 0.5) is 11.8 Å². The van der Waals surface area contributed by atoms with Crippen molar-refractivity contribution in [2.24, 2.45) is 0 Å². The topological polar surface area (TPSA) is 95.7 Å². The van der Waals surface area contributed by atoms with Gasteiger partial charge in [0.05, 0.1) is 11.6 Å².